The van der Waals surface area contributed by atoms with Crippen LogP contribution in [0.15, 0.2) is 41.2 Å². The third-order valence-corrected chi connectivity index (χ3v) is 4.63. The average Bonchev–Trinajstić information content (AvgIpc) is 3.19. The lowest BCUT2D eigenvalue weighted by Crippen LogP contribution is -2.37. The van der Waals surface area contributed by atoms with Gasteiger partial charge in [0.25, 0.3) is 0 Å². The number of hydrogen-bond acceptors (Lipinski definition) is 4. The first-order valence-corrected chi connectivity index (χ1v) is 8.15. The fraction of sp³-hybridized carbons (Fsp3) is 0.389. The molecule has 3 heterocycles. The van der Waals surface area contributed by atoms with Crippen LogP contribution >= 0.6 is 0 Å². The maximum absolute atomic E-state index is 6.26. The molecule has 0 spiro atoms. The van der Waals surface area contributed by atoms with E-state index in [1.807, 2.05) is 25.4 Å². The van der Waals surface area contributed by atoms with Gasteiger partial charge in [0.15, 0.2) is 0 Å². The molecule has 0 bridgehead atoms. The van der Waals surface area contributed by atoms with E-state index in [9.17, 15) is 0 Å². The highest BCUT2D eigenvalue weighted by Gasteiger charge is 2.22. The first-order chi connectivity index (χ1) is 11.3. The van der Waals surface area contributed by atoms with Crippen molar-refractivity contribution in [1.29, 1.82) is 0 Å². The Morgan fingerprint density at radius 2 is 2.17 bits per heavy atom. The van der Waals surface area contributed by atoms with Gasteiger partial charge in [-0.2, -0.15) is 0 Å². The van der Waals surface area contributed by atoms with Crippen molar-refractivity contribution in [2.24, 2.45) is 0 Å². The number of H-pyrrole nitrogens is 1. The molecule has 5 nitrogen and oxygen atoms in total. The molecule has 0 atom stereocenters. The molecule has 1 fully saturated rings. The van der Waals surface area contributed by atoms with Gasteiger partial charge in [-0.15, -0.1) is 0 Å². The molecule has 4 rings (SSSR count). The molecule has 1 aromatic carbocycles. The van der Waals surface area contributed by atoms with E-state index >= 15 is 0 Å². The highest BCUT2D eigenvalue weighted by atomic mass is 16.5. The number of ether oxygens (including phenoxy) is 1. The second-order valence-electron chi connectivity index (χ2n) is 6.20. The molecule has 1 N–H and O–H groups in total. The standard InChI is InChI=1S/C18H21N3O2/c1-13-14(11-20-23-13)12-21-9-6-15(7-10-21)22-18-4-2-3-17-16(18)5-8-19-17/h2-5,8,11,15,19H,6-7,9-10,12H2,1H3. The van der Waals surface area contributed by atoms with Crippen LogP contribution in [0, 0.1) is 6.92 Å². The van der Waals surface area contributed by atoms with Crippen LogP contribution < -0.4 is 4.74 Å². The van der Waals surface area contributed by atoms with Crippen molar-refractivity contribution in [1.82, 2.24) is 15.0 Å². The quantitative estimate of drug-likeness (QED) is 0.801. The zero-order valence-corrected chi connectivity index (χ0v) is 13.3. The number of nitrogens with zero attached hydrogens (tertiary/aromatic N) is 2. The van der Waals surface area contributed by atoms with Gasteiger partial charge < -0.3 is 14.2 Å². The van der Waals surface area contributed by atoms with Crippen LogP contribution in [0.1, 0.15) is 24.2 Å². The van der Waals surface area contributed by atoms with Crippen LogP contribution in [0.3, 0.4) is 0 Å². The highest BCUT2D eigenvalue weighted by molar-refractivity contribution is 5.85. The number of aromatic amines is 1. The molecule has 1 aliphatic heterocycles. The maximum atomic E-state index is 6.26. The van der Waals surface area contributed by atoms with Crippen LogP contribution in [0.4, 0.5) is 0 Å². The average molecular weight is 311 g/mol. The minimum atomic E-state index is 0.287. The van der Waals surface area contributed by atoms with E-state index in [1.165, 1.54) is 5.56 Å². The number of benzene rings is 1. The Kier molecular flexibility index (Phi) is 3.79. The van der Waals surface area contributed by atoms with Crippen molar-refractivity contribution in [3.63, 3.8) is 0 Å². The van der Waals surface area contributed by atoms with Crippen LogP contribution in [0.5, 0.6) is 5.75 Å². The molecule has 23 heavy (non-hydrogen) atoms. The van der Waals surface area contributed by atoms with Crippen LogP contribution in [-0.4, -0.2) is 34.2 Å². The van der Waals surface area contributed by atoms with Crippen molar-refractivity contribution in [3.05, 3.63) is 48.0 Å². The lowest BCUT2D eigenvalue weighted by molar-refractivity contribution is 0.0977. The summed E-state index contributed by atoms with van der Waals surface area (Å²) in [7, 11) is 0. The number of likely N-dealkylation sites (tertiary alicyclic amines) is 1. The summed E-state index contributed by atoms with van der Waals surface area (Å²) in [5, 5.41) is 5.01. The summed E-state index contributed by atoms with van der Waals surface area (Å²) >= 11 is 0. The van der Waals surface area contributed by atoms with E-state index in [2.05, 4.69) is 33.2 Å². The normalized spacial score (nSPS) is 16.9. The summed E-state index contributed by atoms with van der Waals surface area (Å²) in [5.41, 5.74) is 2.31. The van der Waals surface area contributed by atoms with Gasteiger partial charge in [-0.05, 0) is 38.0 Å². The van der Waals surface area contributed by atoms with Crippen molar-refractivity contribution in [2.75, 3.05) is 13.1 Å². The Hall–Kier alpha value is -2.27. The molecule has 2 aromatic heterocycles. The molecule has 0 saturated carbocycles. The summed E-state index contributed by atoms with van der Waals surface area (Å²) < 4.78 is 11.4. The Morgan fingerprint density at radius 3 is 2.96 bits per heavy atom. The number of hydrogen-bond donors (Lipinski definition) is 1. The van der Waals surface area contributed by atoms with Gasteiger partial charge in [-0.3, -0.25) is 4.90 Å². The lowest BCUT2D eigenvalue weighted by Gasteiger charge is -2.32. The Bertz CT molecular complexity index is 784. The molecule has 0 amide bonds. The number of aromatic nitrogens is 2. The second kappa shape index (κ2) is 6.08. The van der Waals surface area contributed by atoms with Gasteiger partial charge in [0.05, 0.1) is 6.20 Å². The largest absolute Gasteiger partial charge is 0.490 e. The minimum absolute atomic E-state index is 0.287. The molecular formula is C18H21N3O2. The van der Waals surface area contributed by atoms with Gasteiger partial charge in [-0.1, -0.05) is 11.2 Å². The van der Waals surface area contributed by atoms with Gasteiger partial charge in [0.2, 0.25) is 0 Å². The first kappa shape index (κ1) is 14.3. The molecule has 5 heteroatoms. The van der Waals surface area contributed by atoms with Crippen molar-refractivity contribution < 1.29 is 9.26 Å². The van der Waals surface area contributed by atoms with E-state index in [4.69, 9.17) is 9.26 Å². The molecular weight excluding hydrogens is 290 g/mol. The van der Waals surface area contributed by atoms with E-state index < -0.39 is 0 Å². The fourth-order valence-electron chi connectivity index (χ4n) is 3.24. The predicted octanol–water partition coefficient (Wildman–Crippen LogP) is 3.51. The third kappa shape index (κ3) is 2.97. The van der Waals surface area contributed by atoms with E-state index in [1.54, 1.807) is 0 Å². The monoisotopic (exact) mass is 311 g/mol. The van der Waals surface area contributed by atoms with Crippen molar-refractivity contribution in [2.45, 2.75) is 32.4 Å². The molecule has 1 saturated heterocycles. The molecule has 0 radical (unpaired) electrons. The Balaban J connectivity index is 1.36. The third-order valence-electron chi connectivity index (χ3n) is 4.63. The predicted molar refractivity (Wildman–Crippen MR) is 88.5 cm³/mol. The summed E-state index contributed by atoms with van der Waals surface area (Å²) in [4.78, 5) is 5.67. The fourth-order valence-corrected chi connectivity index (χ4v) is 3.24. The molecule has 1 aliphatic rings. The summed E-state index contributed by atoms with van der Waals surface area (Å²) in [6, 6.07) is 8.25. The van der Waals surface area contributed by atoms with Gasteiger partial charge in [0, 0.05) is 42.3 Å². The first-order valence-electron chi connectivity index (χ1n) is 8.15. The Labute approximate surface area is 135 Å². The van der Waals surface area contributed by atoms with E-state index in [0.717, 1.165) is 54.9 Å². The number of rotatable bonds is 4. The molecule has 0 aliphatic carbocycles. The van der Waals surface area contributed by atoms with Crippen LogP contribution in [0.2, 0.25) is 0 Å². The molecule has 3 aromatic rings. The van der Waals surface area contributed by atoms with Crippen LogP contribution in [0.25, 0.3) is 10.9 Å². The van der Waals surface area contributed by atoms with Crippen LogP contribution in [-0.2, 0) is 6.54 Å². The highest BCUT2D eigenvalue weighted by Crippen LogP contribution is 2.27. The topological polar surface area (TPSA) is 54.3 Å². The van der Waals surface area contributed by atoms with E-state index in [-0.39, 0.29) is 6.10 Å². The minimum Gasteiger partial charge on any atom is -0.490 e. The smallest absolute Gasteiger partial charge is 0.138 e. The summed E-state index contributed by atoms with van der Waals surface area (Å²) in [5.74, 6) is 1.90. The number of fused-ring (bicyclic) bond motifs is 1. The van der Waals surface area contributed by atoms with Gasteiger partial charge >= 0.3 is 0 Å². The van der Waals surface area contributed by atoms with Gasteiger partial charge in [0.1, 0.15) is 17.6 Å². The lowest BCUT2D eigenvalue weighted by atomic mass is 10.1. The molecule has 0 unspecified atom stereocenters. The second-order valence-corrected chi connectivity index (χ2v) is 6.20. The Morgan fingerprint density at radius 1 is 1.30 bits per heavy atom. The number of piperidine rings is 1. The SMILES string of the molecule is Cc1oncc1CN1CCC(Oc2cccc3[nH]ccc23)CC1. The van der Waals surface area contributed by atoms with Gasteiger partial charge in [-0.25, -0.2) is 0 Å². The van der Waals surface area contributed by atoms with Crippen molar-refractivity contribution in [3.8, 4) is 5.75 Å². The maximum Gasteiger partial charge on any atom is 0.138 e. The zero-order valence-electron chi connectivity index (χ0n) is 13.3. The number of aryl methyl sites for hydroxylation is 1. The zero-order chi connectivity index (χ0) is 15.6. The summed E-state index contributed by atoms with van der Waals surface area (Å²) in [6.07, 6.45) is 6.16. The number of nitrogens with one attached hydrogen (secondary N) is 1. The molecule has 120 valence electrons. The summed E-state index contributed by atoms with van der Waals surface area (Å²) in [6.45, 7) is 4.96. The van der Waals surface area contributed by atoms with E-state index in [0.29, 0.717) is 0 Å². The van der Waals surface area contributed by atoms with Crippen molar-refractivity contribution >= 4 is 10.9 Å².